The number of carboxylic acid groups (broad SMARTS) is 1. The molecule has 142 valence electrons. The molecule has 5 heteroatoms. The van der Waals surface area contributed by atoms with Gasteiger partial charge in [0.1, 0.15) is 5.75 Å². The first kappa shape index (κ1) is 19.0. The van der Waals surface area contributed by atoms with Crippen LogP contribution in [0, 0.1) is 5.92 Å². The summed E-state index contributed by atoms with van der Waals surface area (Å²) < 4.78 is 0. The lowest BCUT2D eigenvalue weighted by Crippen LogP contribution is -2.39. The molecule has 0 radical (unpaired) electrons. The van der Waals surface area contributed by atoms with E-state index < -0.39 is 11.9 Å². The number of carboxylic acids is 1. The number of aliphatic carboxylic acids is 1. The van der Waals surface area contributed by atoms with Crippen molar-refractivity contribution in [1.29, 1.82) is 0 Å². The van der Waals surface area contributed by atoms with Gasteiger partial charge >= 0.3 is 5.97 Å². The highest BCUT2D eigenvalue weighted by molar-refractivity contribution is 5.84. The molecule has 0 saturated heterocycles. The maximum atomic E-state index is 13.2. The zero-order chi connectivity index (χ0) is 19.4. The number of aromatic hydroxyl groups is 1. The summed E-state index contributed by atoms with van der Waals surface area (Å²) >= 11 is 0. The minimum Gasteiger partial charge on any atom is -0.508 e. The second-order valence-electron chi connectivity index (χ2n) is 7.07. The summed E-state index contributed by atoms with van der Waals surface area (Å²) in [7, 11) is 0. The van der Waals surface area contributed by atoms with Gasteiger partial charge in [0, 0.05) is 6.54 Å². The summed E-state index contributed by atoms with van der Waals surface area (Å²) in [4.78, 5) is 26.4. The molecule has 0 aromatic heterocycles. The second kappa shape index (κ2) is 8.25. The van der Waals surface area contributed by atoms with Crippen LogP contribution in [0.1, 0.15) is 42.5 Å². The number of fused-ring (bicyclic) bond motifs is 1. The van der Waals surface area contributed by atoms with E-state index in [1.807, 2.05) is 48.2 Å². The number of hydrogen-bond acceptors (Lipinski definition) is 3. The molecule has 27 heavy (non-hydrogen) atoms. The quantitative estimate of drug-likeness (QED) is 0.818. The lowest BCUT2D eigenvalue weighted by atomic mass is 9.92. The first-order valence-electron chi connectivity index (χ1n) is 9.37. The Bertz CT molecular complexity index is 818. The summed E-state index contributed by atoms with van der Waals surface area (Å²) in [6, 6.07) is 15.0. The molecule has 2 atom stereocenters. The van der Waals surface area contributed by atoms with Gasteiger partial charge in [0.05, 0.1) is 18.4 Å². The van der Waals surface area contributed by atoms with Crippen LogP contribution in [-0.2, 0) is 22.4 Å². The number of benzene rings is 2. The van der Waals surface area contributed by atoms with Crippen molar-refractivity contribution in [3.63, 3.8) is 0 Å². The van der Waals surface area contributed by atoms with Gasteiger partial charge < -0.3 is 15.1 Å². The number of amides is 1. The standard InChI is InChI=1S/C22H25NO4/c1-2-20-19-9-8-18(24)13-16(19)12-17(14-21(25)26)22(27)23(20)11-10-15-6-4-3-5-7-15/h3-9,13,17,20,24H,2,10-12,14H2,1H3,(H,25,26). The van der Waals surface area contributed by atoms with Crippen molar-refractivity contribution in [3.8, 4) is 5.75 Å². The maximum Gasteiger partial charge on any atom is 0.304 e. The Labute approximate surface area is 159 Å². The van der Waals surface area contributed by atoms with Crippen molar-refractivity contribution in [1.82, 2.24) is 4.90 Å². The van der Waals surface area contributed by atoms with Crippen LogP contribution in [0.4, 0.5) is 0 Å². The van der Waals surface area contributed by atoms with Crippen molar-refractivity contribution in [2.45, 2.75) is 38.6 Å². The number of phenolic OH excluding ortho intramolecular Hbond substituents is 1. The predicted molar refractivity (Wildman–Crippen MR) is 102 cm³/mol. The van der Waals surface area contributed by atoms with E-state index in [1.165, 1.54) is 0 Å². The maximum absolute atomic E-state index is 13.2. The van der Waals surface area contributed by atoms with Crippen LogP contribution < -0.4 is 0 Å². The fraction of sp³-hybridized carbons (Fsp3) is 0.364. The molecule has 0 fully saturated rings. The van der Waals surface area contributed by atoms with E-state index in [2.05, 4.69) is 0 Å². The number of carbonyl (C=O) groups is 2. The molecule has 5 nitrogen and oxygen atoms in total. The normalized spacial score (nSPS) is 19.4. The highest BCUT2D eigenvalue weighted by Crippen LogP contribution is 2.36. The van der Waals surface area contributed by atoms with Crippen LogP contribution in [0.3, 0.4) is 0 Å². The van der Waals surface area contributed by atoms with E-state index in [0.717, 1.165) is 29.5 Å². The molecule has 2 aromatic rings. The number of rotatable bonds is 6. The summed E-state index contributed by atoms with van der Waals surface area (Å²) in [6.45, 7) is 2.57. The molecular weight excluding hydrogens is 342 g/mol. The van der Waals surface area contributed by atoms with Gasteiger partial charge in [0.25, 0.3) is 0 Å². The Balaban J connectivity index is 1.95. The molecule has 0 saturated carbocycles. The minimum atomic E-state index is -0.979. The predicted octanol–water partition coefficient (Wildman–Crippen LogP) is 3.56. The van der Waals surface area contributed by atoms with Gasteiger partial charge in [-0.1, -0.05) is 43.3 Å². The topological polar surface area (TPSA) is 77.8 Å². The lowest BCUT2D eigenvalue weighted by molar-refractivity contribution is -0.145. The van der Waals surface area contributed by atoms with Gasteiger partial charge in [-0.15, -0.1) is 0 Å². The number of nitrogens with zero attached hydrogens (tertiary/aromatic N) is 1. The third kappa shape index (κ3) is 4.30. The van der Waals surface area contributed by atoms with E-state index >= 15 is 0 Å². The molecule has 1 amide bonds. The second-order valence-corrected chi connectivity index (χ2v) is 7.07. The Morgan fingerprint density at radius 2 is 1.93 bits per heavy atom. The largest absolute Gasteiger partial charge is 0.508 e. The van der Waals surface area contributed by atoms with Crippen LogP contribution in [0.25, 0.3) is 0 Å². The Kier molecular flexibility index (Phi) is 5.79. The molecule has 2 aromatic carbocycles. The van der Waals surface area contributed by atoms with Crippen molar-refractivity contribution >= 4 is 11.9 Å². The zero-order valence-electron chi connectivity index (χ0n) is 15.5. The van der Waals surface area contributed by atoms with Crippen LogP contribution in [0.2, 0.25) is 0 Å². The van der Waals surface area contributed by atoms with E-state index in [-0.39, 0.29) is 24.1 Å². The first-order valence-corrected chi connectivity index (χ1v) is 9.37. The van der Waals surface area contributed by atoms with E-state index in [9.17, 15) is 19.8 Å². The summed E-state index contributed by atoms with van der Waals surface area (Å²) in [5.41, 5.74) is 3.01. The Hall–Kier alpha value is -2.82. The molecule has 2 N–H and O–H groups in total. The molecule has 2 unspecified atom stereocenters. The summed E-state index contributed by atoms with van der Waals surface area (Å²) in [5.74, 6) is -1.57. The van der Waals surface area contributed by atoms with E-state index in [1.54, 1.807) is 12.1 Å². The third-order valence-electron chi connectivity index (χ3n) is 5.25. The fourth-order valence-electron chi connectivity index (χ4n) is 3.97. The number of hydrogen-bond donors (Lipinski definition) is 2. The van der Waals surface area contributed by atoms with Gasteiger partial charge in [-0.05, 0) is 48.1 Å². The van der Waals surface area contributed by atoms with Crippen LogP contribution in [-0.4, -0.2) is 33.5 Å². The van der Waals surface area contributed by atoms with Gasteiger partial charge in [0.2, 0.25) is 5.91 Å². The lowest BCUT2D eigenvalue weighted by Gasteiger charge is -2.32. The minimum absolute atomic E-state index is 0.115. The molecule has 1 aliphatic rings. The molecule has 0 bridgehead atoms. The Morgan fingerprint density at radius 3 is 2.59 bits per heavy atom. The fourth-order valence-corrected chi connectivity index (χ4v) is 3.97. The molecule has 3 rings (SSSR count). The van der Waals surface area contributed by atoms with Gasteiger partial charge in [0.15, 0.2) is 0 Å². The van der Waals surface area contributed by atoms with E-state index in [0.29, 0.717) is 13.0 Å². The van der Waals surface area contributed by atoms with Crippen LogP contribution in [0.5, 0.6) is 5.75 Å². The van der Waals surface area contributed by atoms with Crippen molar-refractivity contribution in [3.05, 3.63) is 65.2 Å². The van der Waals surface area contributed by atoms with Gasteiger partial charge in [-0.3, -0.25) is 9.59 Å². The average Bonchev–Trinajstić information content (AvgIpc) is 2.75. The average molecular weight is 367 g/mol. The number of carbonyl (C=O) groups excluding carboxylic acids is 1. The molecule has 0 aliphatic carbocycles. The smallest absolute Gasteiger partial charge is 0.304 e. The molecule has 1 heterocycles. The van der Waals surface area contributed by atoms with Gasteiger partial charge in [-0.25, -0.2) is 0 Å². The van der Waals surface area contributed by atoms with E-state index in [4.69, 9.17) is 0 Å². The van der Waals surface area contributed by atoms with Gasteiger partial charge in [-0.2, -0.15) is 0 Å². The molecule has 1 aliphatic heterocycles. The number of phenols is 1. The van der Waals surface area contributed by atoms with Crippen LogP contribution in [0.15, 0.2) is 48.5 Å². The summed E-state index contributed by atoms with van der Waals surface area (Å²) in [6.07, 6.45) is 1.59. The highest BCUT2D eigenvalue weighted by atomic mass is 16.4. The Morgan fingerprint density at radius 1 is 1.19 bits per heavy atom. The monoisotopic (exact) mass is 367 g/mol. The molecular formula is C22H25NO4. The SMILES string of the molecule is CCC1c2ccc(O)cc2CC(CC(=O)O)C(=O)N1CCc1ccccc1. The zero-order valence-corrected chi connectivity index (χ0v) is 15.5. The van der Waals surface area contributed by atoms with Crippen molar-refractivity contribution in [2.24, 2.45) is 5.92 Å². The molecule has 0 spiro atoms. The van der Waals surface area contributed by atoms with Crippen LogP contribution >= 0.6 is 0 Å². The van der Waals surface area contributed by atoms with Crippen molar-refractivity contribution in [2.75, 3.05) is 6.54 Å². The first-order chi connectivity index (χ1) is 13.0. The van der Waals surface area contributed by atoms with Crippen molar-refractivity contribution < 1.29 is 19.8 Å². The highest BCUT2D eigenvalue weighted by Gasteiger charge is 2.36. The summed E-state index contributed by atoms with van der Waals surface area (Å²) in [5, 5.41) is 19.2. The third-order valence-corrected chi connectivity index (χ3v) is 5.25.